The highest BCUT2D eigenvalue weighted by Gasteiger charge is 1.87. The molecule has 1 aromatic rings. The van der Waals surface area contributed by atoms with E-state index in [2.05, 4.69) is 15.4 Å². The van der Waals surface area contributed by atoms with Crippen LogP contribution >= 0.6 is 0 Å². The molecule has 42 valence electrons. The minimum Gasteiger partial charge on any atom is -0.281 e. The molecule has 4 heteroatoms. The summed E-state index contributed by atoms with van der Waals surface area (Å²) in [5, 5.41) is 8.87. The van der Waals surface area contributed by atoms with Gasteiger partial charge >= 0.3 is 0 Å². The molecule has 0 aromatic carbocycles. The predicted octanol–water partition coefficient (Wildman–Crippen LogP) is 0.676. The number of aromatic amines is 1. The quantitative estimate of drug-likeness (QED) is 0.570. The zero-order chi connectivity index (χ0) is 5.82. The van der Waals surface area contributed by atoms with Crippen LogP contribution < -0.4 is 0 Å². The minimum atomic E-state index is 0.181. The number of H-pyrrole nitrogens is 1. The van der Waals surface area contributed by atoms with Crippen LogP contribution in [0.25, 0.3) is 0 Å². The van der Waals surface area contributed by atoms with Crippen molar-refractivity contribution in [2.24, 2.45) is 5.18 Å². The molecule has 0 aliphatic heterocycles. The Morgan fingerprint density at radius 1 is 1.88 bits per heavy atom. The fourth-order valence-corrected chi connectivity index (χ4v) is 0.442. The molecule has 0 unspecified atom stereocenters. The van der Waals surface area contributed by atoms with Gasteiger partial charge in [0.2, 0.25) is 0 Å². The summed E-state index contributed by atoms with van der Waals surface area (Å²) >= 11 is 0. The van der Waals surface area contributed by atoms with Gasteiger partial charge < -0.3 is 0 Å². The van der Waals surface area contributed by atoms with E-state index in [4.69, 9.17) is 0 Å². The summed E-state index contributed by atoms with van der Waals surface area (Å²) < 4.78 is 0. The van der Waals surface area contributed by atoms with Crippen LogP contribution in [0.4, 0.5) is 0 Å². The van der Waals surface area contributed by atoms with E-state index < -0.39 is 0 Å². The fourth-order valence-electron chi connectivity index (χ4n) is 0.442. The third-order valence-corrected chi connectivity index (χ3v) is 0.793. The van der Waals surface area contributed by atoms with E-state index in [-0.39, 0.29) is 6.54 Å². The zero-order valence-corrected chi connectivity index (χ0v) is 4.16. The summed E-state index contributed by atoms with van der Waals surface area (Å²) in [5.41, 5.74) is 0.750. The standard InChI is InChI=1S/C4H5N3O/c8-6-3-4-1-2-5-7-4/h1-2H,3H2,(H,5,7). The Labute approximate surface area is 45.9 Å². The van der Waals surface area contributed by atoms with Gasteiger partial charge in [-0.3, -0.25) is 5.10 Å². The molecule has 0 saturated carbocycles. The van der Waals surface area contributed by atoms with Crippen LogP contribution in [0.1, 0.15) is 5.69 Å². The van der Waals surface area contributed by atoms with E-state index >= 15 is 0 Å². The van der Waals surface area contributed by atoms with Crippen LogP contribution in [0.15, 0.2) is 17.4 Å². The van der Waals surface area contributed by atoms with Crippen LogP contribution in [0.3, 0.4) is 0 Å². The van der Waals surface area contributed by atoms with E-state index in [1.165, 1.54) is 0 Å². The van der Waals surface area contributed by atoms with Crippen LogP contribution in [-0.2, 0) is 6.54 Å². The minimum absolute atomic E-state index is 0.181. The Kier molecular flexibility index (Phi) is 1.37. The Hall–Kier alpha value is -1.19. The van der Waals surface area contributed by atoms with E-state index in [0.29, 0.717) is 0 Å². The Balaban J connectivity index is 2.62. The number of hydrogen-bond donors (Lipinski definition) is 1. The Morgan fingerprint density at radius 2 is 2.75 bits per heavy atom. The first kappa shape index (κ1) is 4.96. The van der Waals surface area contributed by atoms with Gasteiger partial charge in [-0.05, 0) is 6.07 Å². The maximum atomic E-state index is 9.57. The lowest BCUT2D eigenvalue weighted by Crippen LogP contribution is -1.77. The summed E-state index contributed by atoms with van der Waals surface area (Å²) in [6, 6.07) is 1.71. The second-order valence-electron chi connectivity index (χ2n) is 1.37. The maximum Gasteiger partial charge on any atom is 0.123 e. The first-order valence-electron chi connectivity index (χ1n) is 2.21. The summed E-state index contributed by atoms with van der Waals surface area (Å²) in [7, 11) is 0. The highest BCUT2D eigenvalue weighted by Crippen LogP contribution is 1.91. The zero-order valence-electron chi connectivity index (χ0n) is 4.16. The highest BCUT2D eigenvalue weighted by molar-refractivity contribution is 4.96. The highest BCUT2D eigenvalue weighted by atomic mass is 16.3. The summed E-state index contributed by atoms with van der Waals surface area (Å²) in [4.78, 5) is 9.57. The molecule has 0 radical (unpaired) electrons. The van der Waals surface area contributed by atoms with Crippen LogP contribution in [0.5, 0.6) is 0 Å². The lowest BCUT2D eigenvalue weighted by molar-refractivity contribution is 0.941. The van der Waals surface area contributed by atoms with Gasteiger partial charge in [0, 0.05) is 6.20 Å². The van der Waals surface area contributed by atoms with Crippen LogP contribution in [-0.4, -0.2) is 10.2 Å². The van der Waals surface area contributed by atoms with Gasteiger partial charge in [0.15, 0.2) is 0 Å². The largest absolute Gasteiger partial charge is 0.281 e. The first-order chi connectivity index (χ1) is 3.93. The van der Waals surface area contributed by atoms with Gasteiger partial charge in [0.1, 0.15) is 6.54 Å². The van der Waals surface area contributed by atoms with Crippen LogP contribution in [0.2, 0.25) is 0 Å². The number of aromatic nitrogens is 2. The van der Waals surface area contributed by atoms with E-state index in [0.717, 1.165) is 5.69 Å². The molecule has 0 atom stereocenters. The Morgan fingerprint density at radius 3 is 3.25 bits per heavy atom. The molecule has 0 fully saturated rings. The van der Waals surface area contributed by atoms with Crippen molar-refractivity contribution >= 4 is 0 Å². The molecule has 0 spiro atoms. The average Bonchev–Trinajstić information content (AvgIpc) is 2.19. The molecule has 1 rings (SSSR count). The van der Waals surface area contributed by atoms with Crippen LogP contribution in [0, 0.1) is 4.91 Å². The second-order valence-corrected chi connectivity index (χ2v) is 1.37. The van der Waals surface area contributed by atoms with Crippen molar-refractivity contribution in [1.29, 1.82) is 0 Å². The molecule has 1 aromatic heterocycles. The molecule has 0 aliphatic rings. The van der Waals surface area contributed by atoms with Crippen molar-refractivity contribution < 1.29 is 0 Å². The number of nitrogens with zero attached hydrogens (tertiary/aromatic N) is 2. The molecule has 0 aliphatic carbocycles. The fraction of sp³-hybridized carbons (Fsp3) is 0.250. The van der Waals surface area contributed by atoms with Gasteiger partial charge in [-0.2, -0.15) is 10.0 Å². The van der Waals surface area contributed by atoms with Gasteiger partial charge in [0.05, 0.1) is 5.69 Å². The Bertz CT molecular complexity index is 158. The normalized spacial score (nSPS) is 9.00. The third kappa shape index (κ3) is 0.900. The van der Waals surface area contributed by atoms with Gasteiger partial charge in [0.25, 0.3) is 0 Å². The average molecular weight is 111 g/mol. The molecule has 0 bridgehead atoms. The van der Waals surface area contributed by atoms with Gasteiger partial charge in [-0.1, -0.05) is 5.18 Å². The molecule has 4 nitrogen and oxygen atoms in total. The van der Waals surface area contributed by atoms with Gasteiger partial charge in [-0.25, -0.2) is 0 Å². The molecular weight excluding hydrogens is 106 g/mol. The number of nitroso groups, excluding NO2 is 1. The molecule has 1 N–H and O–H groups in total. The third-order valence-electron chi connectivity index (χ3n) is 0.793. The van der Waals surface area contributed by atoms with E-state index in [9.17, 15) is 4.91 Å². The summed E-state index contributed by atoms with van der Waals surface area (Å²) in [5.74, 6) is 0. The maximum absolute atomic E-state index is 9.57. The molecule has 0 saturated heterocycles. The van der Waals surface area contributed by atoms with Crippen molar-refractivity contribution in [2.75, 3.05) is 0 Å². The van der Waals surface area contributed by atoms with Crippen molar-refractivity contribution in [2.45, 2.75) is 6.54 Å². The smallest absolute Gasteiger partial charge is 0.123 e. The van der Waals surface area contributed by atoms with E-state index in [1.807, 2.05) is 0 Å². The van der Waals surface area contributed by atoms with Crippen molar-refractivity contribution in [3.05, 3.63) is 22.9 Å². The molecule has 0 amide bonds. The molecule has 1 heterocycles. The topological polar surface area (TPSA) is 58.1 Å². The van der Waals surface area contributed by atoms with E-state index in [1.54, 1.807) is 12.3 Å². The van der Waals surface area contributed by atoms with Crippen molar-refractivity contribution in [3.8, 4) is 0 Å². The summed E-state index contributed by atoms with van der Waals surface area (Å²) in [6.07, 6.45) is 1.58. The lowest BCUT2D eigenvalue weighted by Gasteiger charge is -1.78. The summed E-state index contributed by atoms with van der Waals surface area (Å²) in [6.45, 7) is 0.181. The van der Waals surface area contributed by atoms with Crippen molar-refractivity contribution in [3.63, 3.8) is 0 Å². The SMILES string of the molecule is O=NCc1ccn[nH]1. The first-order valence-corrected chi connectivity index (χ1v) is 2.21. The van der Waals surface area contributed by atoms with Gasteiger partial charge in [-0.15, -0.1) is 0 Å². The van der Waals surface area contributed by atoms with Crippen molar-refractivity contribution in [1.82, 2.24) is 10.2 Å². The lowest BCUT2D eigenvalue weighted by atomic mass is 10.4. The number of nitrogens with one attached hydrogen (secondary N) is 1. The molecular formula is C4H5N3O. The number of rotatable bonds is 2. The number of hydrogen-bond acceptors (Lipinski definition) is 3. The predicted molar refractivity (Wildman–Crippen MR) is 28.1 cm³/mol. The second kappa shape index (κ2) is 2.20. The molecule has 8 heavy (non-hydrogen) atoms. The monoisotopic (exact) mass is 111 g/mol.